The van der Waals surface area contributed by atoms with Crippen molar-refractivity contribution in [3.8, 4) is 5.75 Å². The zero-order valence-corrected chi connectivity index (χ0v) is 13.6. The van der Waals surface area contributed by atoms with Gasteiger partial charge in [-0.3, -0.25) is 4.79 Å². The minimum atomic E-state index is -1.60. The Balaban J connectivity index is 2.71. The summed E-state index contributed by atoms with van der Waals surface area (Å²) in [6.07, 6.45) is 2.86. The van der Waals surface area contributed by atoms with Gasteiger partial charge in [-0.15, -0.1) is 0 Å². The maximum Gasteiger partial charge on any atom is 0.377 e. The average Bonchev–Trinajstić information content (AvgIpc) is 3.02. The van der Waals surface area contributed by atoms with E-state index in [1.165, 1.54) is 37.6 Å². The molecular weight excluding hydrogens is 330 g/mol. The van der Waals surface area contributed by atoms with Crippen LogP contribution in [0.5, 0.6) is 5.75 Å². The summed E-state index contributed by atoms with van der Waals surface area (Å²) in [6.45, 7) is 5.04. The van der Waals surface area contributed by atoms with Gasteiger partial charge in [-0.2, -0.15) is 5.10 Å². The van der Waals surface area contributed by atoms with Crippen LogP contribution in [0.15, 0.2) is 30.3 Å². The highest BCUT2D eigenvalue weighted by molar-refractivity contribution is 6.42. The Kier molecular flexibility index (Phi) is 5.03. The maximum absolute atomic E-state index is 11.9. The number of aromatic amines is 1. The van der Waals surface area contributed by atoms with Gasteiger partial charge in [0.25, 0.3) is 5.78 Å². The molecule has 0 amide bonds. The van der Waals surface area contributed by atoms with E-state index < -0.39 is 17.9 Å². The number of pyridine rings is 1. The van der Waals surface area contributed by atoms with Gasteiger partial charge in [-0.05, 0) is 6.92 Å². The fourth-order valence-electron chi connectivity index (χ4n) is 2.11. The zero-order chi connectivity index (χ0) is 18.7. The van der Waals surface area contributed by atoms with Crippen molar-refractivity contribution in [3.05, 3.63) is 30.7 Å². The van der Waals surface area contributed by atoms with Gasteiger partial charge in [0.15, 0.2) is 5.82 Å². The number of hydrogen-bond donors (Lipinski definition) is 4. The number of ketones is 1. The molecule has 0 aliphatic rings. The minimum Gasteiger partial charge on any atom is -0.494 e. The Morgan fingerprint density at radius 2 is 2.24 bits per heavy atom. The molecule has 2 aromatic heterocycles. The fraction of sp³-hybridized carbons (Fsp3) is 0.200. The van der Waals surface area contributed by atoms with E-state index in [4.69, 9.17) is 15.6 Å². The number of aromatic nitrogens is 2. The predicted molar refractivity (Wildman–Crippen MR) is 90.6 cm³/mol. The number of carboxylic acids is 1. The number of hydrazone groups is 1. The number of nitrogens with zero attached hydrogens (tertiary/aromatic N) is 3. The van der Waals surface area contributed by atoms with E-state index in [9.17, 15) is 14.7 Å². The number of hydrogen-bond acceptors (Lipinski definition) is 7. The van der Waals surface area contributed by atoms with Gasteiger partial charge in [0, 0.05) is 12.4 Å². The number of methoxy groups -OCH3 is 1. The number of fused-ring (bicyclic) bond motifs is 1. The number of amidine groups is 1. The summed E-state index contributed by atoms with van der Waals surface area (Å²) in [5, 5.41) is 23.9. The van der Waals surface area contributed by atoms with Crippen LogP contribution in [0.2, 0.25) is 0 Å². The number of H-pyrrole nitrogens is 1. The second-order valence-electron chi connectivity index (χ2n) is 4.96. The molecule has 0 aromatic carbocycles. The fourth-order valence-corrected chi connectivity index (χ4v) is 2.11. The van der Waals surface area contributed by atoms with E-state index in [0.717, 1.165) is 0 Å². The monoisotopic (exact) mass is 347 g/mol. The zero-order valence-electron chi connectivity index (χ0n) is 13.6. The number of ether oxygens (including phenoxy) is 1. The van der Waals surface area contributed by atoms with Crippen LogP contribution in [0, 0.1) is 0 Å². The SMILES string of the molecule is C=CN(/N=C(\N)C(C)O)c1ncc(OC)c2c(C(=O)C(=O)O)c[nH]c12. The lowest BCUT2D eigenvalue weighted by molar-refractivity contribution is -0.131. The van der Waals surface area contributed by atoms with E-state index in [1.54, 1.807) is 0 Å². The Hall–Kier alpha value is -3.40. The van der Waals surface area contributed by atoms with Crippen molar-refractivity contribution < 1.29 is 24.5 Å². The van der Waals surface area contributed by atoms with Gasteiger partial charge in [-0.25, -0.2) is 14.8 Å². The molecule has 10 nitrogen and oxygen atoms in total. The molecule has 0 aliphatic heterocycles. The van der Waals surface area contributed by atoms with Crippen molar-refractivity contribution in [3.63, 3.8) is 0 Å². The van der Waals surface area contributed by atoms with Gasteiger partial charge < -0.3 is 25.7 Å². The van der Waals surface area contributed by atoms with Crippen LogP contribution in [0.25, 0.3) is 10.9 Å². The summed E-state index contributed by atoms with van der Waals surface area (Å²) in [4.78, 5) is 29.9. The summed E-state index contributed by atoms with van der Waals surface area (Å²) >= 11 is 0. The molecule has 5 N–H and O–H groups in total. The van der Waals surface area contributed by atoms with Gasteiger partial charge in [0.2, 0.25) is 0 Å². The highest BCUT2D eigenvalue weighted by atomic mass is 16.5. The molecular formula is C15H17N5O5. The number of carboxylic acid groups (broad SMARTS) is 1. The van der Waals surface area contributed by atoms with E-state index in [2.05, 4.69) is 21.6 Å². The molecule has 1 atom stereocenters. The second kappa shape index (κ2) is 7.01. The number of anilines is 1. The van der Waals surface area contributed by atoms with E-state index in [1.807, 2.05) is 0 Å². The molecule has 0 bridgehead atoms. The van der Waals surface area contributed by atoms with Gasteiger partial charge in [-0.1, -0.05) is 6.58 Å². The lowest BCUT2D eigenvalue weighted by Gasteiger charge is -2.16. The number of aliphatic hydroxyl groups excluding tert-OH is 1. The predicted octanol–water partition coefficient (Wildman–Crippen LogP) is 0.442. The number of aliphatic hydroxyl groups is 1. The molecule has 0 fully saturated rings. The second-order valence-corrected chi connectivity index (χ2v) is 4.96. The summed E-state index contributed by atoms with van der Waals surface area (Å²) in [5.74, 6) is -2.38. The molecule has 1 unspecified atom stereocenters. The van der Waals surface area contributed by atoms with Gasteiger partial charge >= 0.3 is 5.97 Å². The minimum absolute atomic E-state index is 0.0838. The first-order chi connectivity index (χ1) is 11.8. The molecule has 2 aromatic rings. The van der Waals surface area contributed by atoms with Crippen molar-refractivity contribution in [1.82, 2.24) is 9.97 Å². The van der Waals surface area contributed by atoms with Crippen molar-refractivity contribution in [2.45, 2.75) is 13.0 Å². The van der Waals surface area contributed by atoms with Crippen LogP contribution < -0.4 is 15.5 Å². The Morgan fingerprint density at radius 3 is 2.76 bits per heavy atom. The first kappa shape index (κ1) is 17.9. The number of carbonyl (C=O) groups is 2. The van der Waals surface area contributed by atoms with Gasteiger partial charge in [0.1, 0.15) is 17.7 Å². The third-order valence-electron chi connectivity index (χ3n) is 3.35. The Bertz CT molecular complexity index is 871. The van der Waals surface area contributed by atoms with Crippen LogP contribution in [0.3, 0.4) is 0 Å². The molecule has 25 heavy (non-hydrogen) atoms. The summed E-state index contributed by atoms with van der Waals surface area (Å²) in [7, 11) is 1.37. The van der Waals surface area contributed by atoms with Crippen LogP contribution in [-0.2, 0) is 4.79 Å². The third kappa shape index (κ3) is 3.28. The number of rotatable bonds is 7. The van der Waals surface area contributed by atoms with E-state index in [-0.39, 0.29) is 28.4 Å². The smallest absolute Gasteiger partial charge is 0.377 e. The van der Waals surface area contributed by atoms with Gasteiger partial charge in [0.05, 0.1) is 29.8 Å². The number of carbonyl (C=O) groups excluding carboxylic acids is 1. The molecule has 0 spiro atoms. The van der Waals surface area contributed by atoms with Crippen molar-refractivity contribution in [1.29, 1.82) is 0 Å². The lowest BCUT2D eigenvalue weighted by Crippen LogP contribution is -2.29. The van der Waals surface area contributed by atoms with E-state index >= 15 is 0 Å². The Morgan fingerprint density at radius 1 is 1.56 bits per heavy atom. The number of aliphatic carboxylic acids is 1. The molecule has 0 saturated carbocycles. The highest BCUT2D eigenvalue weighted by Crippen LogP contribution is 2.34. The number of nitrogens with one attached hydrogen (secondary N) is 1. The van der Waals surface area contributed by atoms with Crippen LogP contribution in [0.1, 0.15) is 17.3 Å². The summed E-state index contributed by atoms with van der Waals surface area (Å²) in [6, 6.07) is 0. The molecule has 0 radical (unpaired) electrons. The molecule has 10 heteroatoms. The molecule has 0 aliphatic carbocycles. The molecule has 2 rings (SSSR count). The number of Topliss-reactive ketones (excluding diaryl/α,β-unsaturated/α-hetero) is 1. The van der Waals surface area contributed by atoms with Crippen LogP contribution in [0.4, 0.5) is 5.82 Å². The topological polar surface area (TPSA) is 154 Å². The van der Waals surface area contributed by atoms with Crippen LogP contribution in [-0.4, -0.2) is 51.0 Å². The van der Waals surface area contributed by atoms with Crippen LogP contribution >= 0.6 is 0 Å². The largest absolute Gasteiger partial charge is 0.494 e. The molecule has 0 saturated heterocycles. The first-order valence-corrected chi connectivity index (χ1v) is 7.07. The molecule has 132 valence electrons. The average molecular weight is 347 g/mol. The first-order valence-electron chi connectivity index (χ1n) is 7.07. The van der Waals surface area contributed by atoms with E-state index in [0.29, 0.717) is 5.52 Å². The normalized spacial score (nSPS) is 12.7. The maximum atomic E-state index is 11.9. The summed E-state index contributed by atoms with van der Waals surface area (Å²) in [5.41, 5.74) is 5.85. The lowest BCUT2D eigenvalue weighted by atomic mass is 10.1. The van der Waals surface area contributed by atoms with Crippen molar-refractivity contribution in [2.75, 3.05) is 12.1 Å². The summed E-state index contributed by atoms with van der Waals surface area (Å²) < 4.78 is 5.17. The number of nitrogens with two attached hydrogens (primary N) is 1. The van der Waals surface area contributed by atoms with Crippen molar-refractivity contribution >= 4 is 34.3 Å². The Labute approximate surface area is 142 Å². The quantitative estimate of drug-likeness (QED) is 0.185. The standard InChI is InChI=1S/C15H17N5O5/c1-4-20(19-13(16)7(2)21)14-11-10(9(25-3)6-18-14)8(5-17-11)12(22)15(23)24/h4-7,17,21H,1H2,2-3H3,(H2,16,19)(H,23,24). The highest BCUT2D eigenvalue weighted by Gasteiger charge is 2.24. The molecule has 2 heterocycles. The van der Waals surface area contributed by atoms with Crippen molar-refractivity contribution in [2.24, 2.45) is 10.8 Å². The third-order valence-corrected chi connectivity index (χ3v) is 3.35.